The molecule has 0 radical (unpaired) electrons. The molecule has 0 heterocycles. The Morgan fingerprint density at radius 1 is 1.05 bits per heavy atom. The number of hydrogen-bond donors (Lipinski definition) is 0. The second kappa shape index (κ2) is 6.94. The molecule has 0 saturated heterocycles. The third-order valence-corrected chi connectivity index (χ3v) is 5.66. The van der Waals surface area contributed by atoms with Crippen molar-refractivity contribution in [2.45, 2.75) is 18.7 Å². The molecule has 2 aromatic carbocycles. The van der Waals surface area contributed by atoms with Gasteiger partial charge in [-0.05, 0) is 18.6 Å². The average molecular weight is 319 g/mol. The smallest absolute Gasteiger partial charge is 0.218 e. The molecular weight excluding hydrogens is 298 g/mol. The maximum Gasteiger partial charge on any atom is 0.218 e. The van der Waals surface area contributed by atoms with Gasteiger partial charge in [-0.2, -0.15) is 4.31 Å². The summed E-state index contributed by atoms with van der Waals surface area (Å²) in [6.07, 6.45) is 0. The summed E-state index contributed by atoms with van der Waals surface area (Å²) in [5.41, 5.74) is 1.63. The van der Waals surface area contributed by atoms with E-state index < -0.39 is 10.0 Å². The minimum Gasteiger partial charge on any atom is -0.496 e. The van der Waals surface area contributed by atoms with Gasteiger partial charge in [0.15, 0.2) is 0 Å². The quantitative estimate of drug-likeness (QED) is 0.821. The second-order valence-electron chi connectivity index (χ2n) is 5.18. The maximum atomic E-state index is 12.6. The van der Waals surface area contributed by atoms with Crippen LogP contribution in [0.2, 0.25) is 0 Å². The molecule has 0 aliphatic rings. The highest BCUT2D eigenvalue weighted by Gasteiger charge is 2.26. The lowest BCUT2D eigenvalue weighted by Crippen LogP contribution is -2.31. The normalized spacial score (nSPS) is 13.1. The number of hydrogen-bond acceptors (Lipinski definition) is 3. The van der Waals surface area contributed by atoms with E-state index in [1.807, 2.05) is 61.5 Å². The van der Waals surface area contributed by atoms with Crippen LogP contribution in [0.1, 0.15) is 24.1 Å². The van der Waals surface area contributed by atoms with E-state index in [0.29, 0.717) is 5.75 Å². The lowest BCUT2D eigenvalue weighted by molar-refractivity contribution is 0.367. The first-order valence-corrected chi connectivity index (χ1v) is 8.69. The minimum atomic E-state index is -3.41. The molecule has 118 valence electrons. The van der Waals surface area contributed by atoms with E-state index in [2.05, 4.69) is 0 Å². The number of ether oxygens (including phenoxy) is 1. The molecular formula is C17H21NO3S. The molecule has 2 aromatic rings. The van der Waals surface area contributed by atoms with E-state index in [-0.39, 0.29) is 11.8 Å². The van der Waals surface area contributed by atoms with Crippen LogP contribution in [0.15, 0.2) is 54.6 Å². The fourth-order valence-corrected chi connectivity index (χ4v) is 3.75. The summed E-state index contributed by atoms with van der Waals surface area (Å²) >= 11 is 0. The van der Waals surface area contributed by atoms with Gasteiger partial charge in [0.2, 0.25) is 10.0 Å². The van der Waals surface area contributed by atoms with Crippen LogP contribution in [0.25, 0.3) is 0 Å². The summed E-state index contributed by atoms with van der Waals surface area (Å²) in [5, 5.41) is 0. The van der Waals surface area contributed by atoms with Gasteiger partial charge < -0.3 is 4.74 Å². The minimum absolute atomic E-state index is 0.0101. The highest BCUT2D eigenvalue weighted by Crippen LogP contribution is 2.30. The van der Waals surface area contributed by atoms with Crippen LogP contribution in [0.3, 0.4) is 0 Å². The fourth-order valence-electron chi connectivity index (χ4n) is 2.34. The first-order chi connectivity index (χ1) is 10.5. The first kappa shape index (κ1) is 16.5. The van der Waals surface area contributed by atoms with Crippen LogP contribution in [-0.4, -0.2) is 26.9 Å². The molecule has 0 aliphatic heterocycles. The predicted octanol–water partition coefficient (Wildman–Crippen LogP) is 3.22. The Kier molecular flexibility index (Phi) is 5.21. The van der Waals surface area contributed by atoms with Crippen molar-refractivity contribution < 1.29 is 13.2 Å². The van der Waals surface area contributed by atoms with E-state index in [1.54, 1.807) is 14.2 Å². The fraction of sp³-hybridized carbons (Fsp3) is 0.294. The zero-order chi connectivity index (χ0) is 16.2. The van der Waals surface area contributed by atoms with Gasteiger partial charge in [0.05, 0.1) is 18.9 Å². The van der Waals surface area contributed by atoms with Gasteiger partial charge in [0.25, 0.3) is 0 Å². The molecule has 1 atom stereocenters. The number of methoxy groups -OCH3 is 1. The summed E-state index contributed by atoms with van der Waals surface area (Å²) in [4.78, 5) is 0. The Morgan fingerprint density at radius 2 is 1.64 bits per heavy atom. The third-order valence-electron chi connectivity index (χ3n) is 3.77. The van der Waals surface area contributed by atoms with Crippen LogP contribution in [-0.2, 0) is 15.8 Å². The SMILES string of the molecule is COc1ccccc1C(C)N(C)S(=O)(=O)Cc1ccccc1. The molecule has 0 amide bonds. The Bertz CT molecular complexity index is 714. The molecule has 0 aliphatic carbocycles. The zero-order valence-corrected chi connectivity index (χ0v) is 13.9. The Balaban J connectivity index is 2.24. The van der Waals surface area contributed by atoms with Crippen molar-refractivity contribution in [3.05, 3.63) is 65.7 Å². The molecule has 22 heavy (non-hydrogen) atoms. The lowest BCUT2D eigenvalue weighted by atomic mass is 10.1. The Morgan fingerprint density at radius 3 is 2.27 bits per heavy atom. The van der Waals surface area contributed by atoms with E-state index >= 15 is 0 Å². The van der Waals surface area contributed by atoms with E-state index in [0.717, 1.165) is 11.1 Å². The second-order valence-corrected chi connectivity index (χ2v) is 7.20. The Hall–Kier alpha value is -1.85. The molecule has 4 nitrogen and oxygen atoms in total. The van der Waals surface area contributed by atoms with E-state index in [1.165, 1.54) is 4.31 Å². The van der Waals surface area contributed by atoms with Gasteiger partial charge >= 0.3 is 0 Å². The summed E-state index contributed by atoms with van der Waals surface area (Å²) in [6.45, 7) is 1.86. The van der Waals surface area contributed by atoms with E-state index in [4.69, 9.17) is 4.74 Å². The zero-order valence-electron chi connectivity index (χ0n) is 13.1. The maximum absolute atomic E-state index is 12.6. The highest BCUT2D eigenvalue weighted by atomic mass is 32.2. The molecule has 0 fully saturated rings. The number of para-hydroxylation sites is 1. The molecule has 0 N–H and O–H groups in total. The monoisotopic (exact) mass is 319 g/mol. The van der Waals surface area contributed by atoms with Crippen LogP contribution < -0.4 is 4.74 Å². The third kappa shape index (κ3) is 3.67. The van der Waals surface area contributed by atoms with Gasteiger partial charge in [0, 0.05) is 12.6 Å². The van der Waals surface area contributed by atoms with Crippen molar-refractivity contribution in [1.29, 1.82) is 0 Å². The van der Waals surface area contributed by atoms with Gasteiger partial charge in [-0.25, -0.2) is 8.42 Å². The predicted molar refractivity (Wildman–Crippen MR) is 88.2 cm³/mol. The van der Waals surface area contributed by atoms with Crippen molar-refractivity contribution in [3.63, 3.8) is 0 Å². The number of rotatable bonds is 6. The van der Waals surface area contributed by atoms with Crippen molar-refractivity contribution in [1.82, 2.24) is 4.31 Å². The van der Waals surface area contributed by atoms with Crippen molar-refractivity contribution in [3.8, 4) is 5.75 Å². The molecule has 0 spiro atoms. The molecule has 2 rings (SSSR count). The molecule has 5 heteroatoms. The van der Waals surface area contributed by atoms with Crippen LogP contribution in [0.4, 0.5) is 0 Å². The topological polar surface area (TPSA) is 46.6 Å². The van der Waals surface area contributed by atoms with Crippen LogP contribution >= 0.6 is 0 Å². The Labute approximate surface area is 132 Å². The van der Waals surface area contributed by atoms with Gasteiger partial charge in [-0.3, -0.25) is 0 Å². The number of nitrogens with zero attached hydrogens (tertiary/aromatic N) is 1. The molecule has 0 saturated carbocycles. The summed E-state index contributed by atoms with van der Waals surface area (Å²) < 4.78 is 31.9. The van der Waals surface area contributed by atoms with Crippen LogP contribution in [0.5, 0.6) is 5.75 Å². The van der Waals surface area contributed by atoms with Gasteiger partial charge in [-0.1, -0.05) is 48.5 Å². The molecule has 1 unspecified atom stereocenters. The summed E-state index contributed by atoms with van der Waals surface area (Å²) in [7, 11) is -0.214. The molecule has 0 aromatic heterocycles. The summed E-state index contributed by atoms with van der Waals surface area (Å²) in [5.74, 6) is 0.681. The van der Waals surface area contributed by atoms with E-state index in [9.17, 15) is 8.42 Å². The summed E-state index contributed by atoms with van der Waals surface area (Å²) in [6, 6.07) is 16.4. The molecule has 0 bridgehead atoms. The number of sulfonamides is 1. The first-order valence-electron chi connectivity index (χ1n) is 7.08. The average Bonchev–Trinajstić information content (AvgIpc) is 2.54. The lowest BCUT2D eigenvalue weighted by Gasteiger charge is -2.26. The standard InChI is InChI=1S/C17H21NO3S/c1-14(16-11-7-8-12-17(16)21-3)18(2)22(19,20)13-15-9-5-4-6-10-15/h4-12,14H,13H2,1-3H3. The van der Waals surface area contributed by atoms with Crippen molar-refractivity contribution >= 4 is 10.0 Å². The largest absolute Gasteiger partial charge is 0.496 e. The van der Waals surface area contributed by atoms with Gasteiger partial charge in [-0.15, -0.1) is 0 Å². The van der Waals surface area contributed by atoms with Crippen molar-refractivity contribution in [2.75, 3.05) is 14.2 Å². The van der Waals surface area contributed by atoms with Crippen LogP contribution in [0, 0.1) is 0 Å². The van der Waals surface area contributed by atoms with Gasteiger partial charge in [0.1, 0.15) is 5.75 Å². The highest BCUT2D eigenvalue weighted by molar-refractivity contribution is 7.88. The van der Waals surface area contributed by atoms with Crippen molar-refractivity contribution in [2.24, 2.45) is 0 Å². The number of benzene rings is 2.